The quantitative estimate of drug-likeness (QED) is 0.799. The van der Waals surface area contributed by atoms with Crippen molar-refractivity contribution in [1.82, 2.24) is 4.98 Å². The van der Waals surface area contributed by atoms with Gasteiger partial charge in [-0.25, -0.2) is 13.8 Å². The van der Waals surface area contributed by atoms with E-state index < -0.39 is 22.9 Å². The van der Waals surface area contributed by atoms with Gasteiger partial charge in [-0.2, -0.15) is 0 Å². The third kappa shape index (κ3) is 3.60. The number of halogens is 2. The van der Waals surface area contributed by atoms with Crippen LogP contribution in [0.2, 0.25) is 0 Å². The number of aryl methyl sites for hydroxylation is 1. The SMILES string of the molecule is Cc1ccc(C(=O)Nc2cc(F)cc([C@]34COCC[C@@]3(F)CSC(N)=N4)c2)nc1. The Bertz CT molecular complexity index is 985. The van der Waals surface area contributed by atoms with Gasteiger partial charge < -0.3 is 15.8 Å². The highest BCUT2D eigenvalue weighted by Crippen LogP contribution is 2.50. The van der Waals surface area contributed by atoms with Crippen LogP contribution < -0.4 is 11.1 Å². The maximum Gasteiger partial charge on any atom is 0.274 e. The molecule has 2 aliphatic rings. The van der Waals surface area contributed by atoms with E-state index in [0.29, 0.717) is 0 Å². The number of amides is 1. The Hall–Kier alpha value is -2.52. The van der Waals surface area contributed by atoms with E-state index in [0.717, 1.165) is 17.3 Å². The molecule has 2 atom stereocenters. The molecular formula is C20H20F2N4O2S. The van der Waals surface area contributed by atoms with Gasteiger partial charge in [0.25, 0.3) is 5.91 Å². The van der Waals surface area contributed by atoms with Crippen molar-refractivity contribution in [3.8, 4) is 0 Å². The average Bonchev–Trinajstić information content (AvgIpc) is 2.68. The number of carbonyl (C=O) groups excluding carboxylic acids is 1. The number of thioether (sulfide) groups is 1. The number of anilines is 1. The van der Waals surface area contributed by atoms with Crippen LogP contribution in [-0.2, 0) is 10.3 Å². The maximum atomic E-state index is 15.9. The molecule has 1 amide bonds. The number of hydrogen-bond acceptors (Lipinski definition) is 6. The lowest BCUT2D eigenvalue weighted by Crippen LogP contribution is -2.58. The predicted octanol–water partition coefficient (Wildman–Crippen LogP) is 3.17. The van der Waals surface area contributed by atoms with Gasteiger partial charge in [-0.1, -0.05) is 17.8 Å². The number of rotatable bonds is 3. The van der Waals surface area contributed by atoms with E-state index in [9.17, 15) is 9.18 Å². The van der Waals surface area contributed by atoms with Crippen LogP contribution in [0.5, 0.6) is 0 Å². The molecule has 1 aromatic heterocycles. The van der Waals surface area contributed by atoms with Crippen molar-refractivity contribution in [2.75, 3.05) is 24.3 Å². The third-order valence-corrected chi connectivity index (χ3v) is 6.21. The fourth-order valence-corrected chi connectivity index (χ4v) is 4.61. The number of pyridine rings is 1. The van der Waals surface area contributed by atoms with Crippen LogP contribution >= 0.6 is 11.8 Å². The highest BCUT2D eigenvalue weighted by atomic mass is 32.2. The number of nitrogens with one attached hydrogen (secondary N) is 1. The normalized spacial score (nSPS) is 26.4. The highest BCUT2D eigenvalue weighted by molar-refractivity contribution is 8.13. The van der Waals surface area contributed by atoms with E-state index >= 15 is 4.39 Å². The number of aromatic nitrogens is 1. The molecule has 0 radical (unpaired) electrons. The van der Waals surface area contributed by atoms with Gasteiger partial charge in [-0.15, -0.1) is 0 Å². The number of carbonyl (C=O) groups is 1. The van der Waals surface area contributed by atoms with Crippen LogP contribution in [0.4, 0.5) is 14.5 Å². The molecule has 1 fully saturated rings. The van der Waals surface area contributed by atoms with Gasteiger partial charge in [0.05, 0.1) is 6.61 Å². The number of benzene rings is 1. The molecular weight excluding hydrogens is 398 g/mol. The number of alkyl halides is 1. The summed E-state index contributed by atoms with van der Waals surface area (Å²) in [4.78, 5) is 20.9. The zero-order chi connectivity index (χ0) is 20.6. The van der Waals surface area contributed by atoms with E-state index in [1.165, 1.54) is 18.2 Å². The molecule has 9 heteroatoms. The second-order valence-electron chi connectivity index (χ2n) is 7.27. The summed E-state index contributed by atoms with van der Waals surface area (Å²) in [5, 5.41) is 2.85. The smallest absolute Gasteiger partial charge is 0.274 e. The first-order valence-electron chi connectivity index (χ1n) is 9.11. The van der Waals surface area contributed by atoms with E-state index in [-0.39, 0.29) is 47.5 Å². The first-order chi connectivity index (χ1) is 13.8. The zero-order valence-corrected chi connectivity index (χ0v) is 16.6. The lowest BCUT2D eigenvalue weighted by Gasteiger charge is -2.48. The minimum Gasteiger partial charge on any atom is -0.379 e. The standard InChI is InChI=1S/C20H20F2N4O2S/c1-12-2-3-16(24-9-12)17(27)25-15-7-13(6-14(21)8-15)20-10-28-5-4-19(20,22)11-29-18(23)26-20/h2-3,6-9H,4-5,10-11H2,1H3,(H2,23,26)(H,25,27)/t19-,20-/m1/s1. The maximum absolute atomic E-state index is 15.9. The second-order valence-corrected chi connectivity index (χ2v) is 8.27. The van der Waals surface area contributed by atoms with Gasteiger partial charge in [0, 0.05) is 30.7 Å². The lowest BCUT2D eigenvalue weighted by molar-refractivity contribution is -0.0693. The number of amidine groups is 1. The molecule has 3 N–H and O–H groups in total. The molecule has 0 spiro atoms. The largest absolute Gasteiger partial charge is 0.379 e. The van der Waals surface area contributed by atoms with Crippen molar-refractivity contribution in [1.29, 1.82) is 0 Å². The predicted molar refractivity (Wildman–Crippen MR) is 108 cm³/mol. The molecule has 6 nitrogen and oxygen atoms in total. The Morgan fingerprint density at radius 1 is 1.34 bits per heavy atom. The van der Waals surface area contributed by atoms with Crippen LogP contribution in [0.1, 0.15) is 28.0 Å². The van der Waals surface area contributed by atoms with Crippen molar-refractivity contribution in [3.63, 3.8) is 0 Å². The van der Waals surface area contributed by atoms with E-state index in [4.69, 9.17) is 10.5 Å². The molecule has 2 aromatic rings. The Balaban J connectivity index is 1.72. The monoisotopic (exact) mass is 418 g/mol. The fourth-order valence-electron chi connectivity index (χ4n) is 3.63. The highest BCUT2D eigenvalue weighted by Gasteiger charge is 2.58. The molecule has 1 aromatic carbocycles. The zero-order valence-electron chi connectivity index (χ0n) is 15.7. The molecule has 4 rings (SSSR count). The van der Waals surface area contributed by atoms with E-state index in [1.807, 2.05) is 6.92 Å². The second kappa shape index (κ2) is 7.38. The summed E-state index contributed by atoms with van der Waals surface area (Å²) in [5.74, 6) is -1.01. The van der Waals surface area contributed by atoms with Crippen LogP contribution in [0, 0.1) is 12.7 Å². The Morgan fingerprint density at radius 3 is 2.93 bits per heavy atom. The molecule has 0 aliphatic carbocycles. The fraction of sp³-hybridized carbons (Fsp3) is 0.350. The summed E-state index contributed by atoms with van der Waals surface area (Å²) in [6.45, 7) is 2.06. The van der Waals surface area contributed by atoms with Crippen molar-refractivity contribution in [3.05, 3.63) is 59.2 Å². The van der Waals surface area contributed by atoms with Gasteiger partial charge in [-0.3, -0.25) is 9.78 Å². The average molecular weight is 418 g/mol. The number of ether oxygens (including phenoxy) is 1. The van der Waals surface area contributed by atoms with Crippen molar-refractivity contribution in [2.24, 2.45) is 10.7 Å². The number of nitrogens with zero attached hydrogens (tertiary/aromatic N) is 2. The van der Waals surface area contributed by atoms with Crippen LogP contribution in [0.3, 0.4) is 0 Å². The summed E-state index contributed by atoms with van der Waals surface area (Å²) in [7, 11) is 0. The first kappa shape index (κ1) is 19.8. The molecule has 2 aliphatic heterocycles. The van der Waals surface area contributed by atoms with Crippen molar-refractivity contribution in [2.45, 2.75) is 24.6 Å². The minimum atomic E-state index is -1.73. The molecule has 3 heterocycles. The van der Waals surface area contributed by atoms with Crippen molar-refractivity contribution >= 4 is 28.5 Å². The Morgan fingerprint density at radius 2 is 2.17 bits per heavy atom. The van der Waals surface area contributed by atoms with E-state index in [2.05, 4.69) is 15.3 Å². The van der Waals surface area contributed by atoms with E-state index in [1.54, 1.807) is 18.3 Å². The molecule has 0 unspecified atom stereocenters. The van der Waals surface area contributed by atoms with Gasteiger partial charge in [0.2, 0.25) is 0 Å². The van der Waals surface area contributed by atoms with Crippen LogP contribution in [-0.4, -0.2) is 40.7 Å². The van der Waals surface area contributed by atoms with Gasteiger partial charge in [0.1, 0.15) is 17.1 Å². The molecule has 152 valence electrons. The minimum absolute atomic E-state index is 0.0544. The number of nitrogens with two attached hydrogens (primary N) is 1. The topological polar surface area (TPSA) is 89.6 Å². The van der Waals surface area contributed by atoms with Gasteiger partial charge in [-0.05, 0) is 42.3 Å². The molecule has 29 heavy (non-hydrogen) atoms. The summed E-state index contributed by atoms with van der Waals surface area (Å²) in [6, 6.07) is 7.24. The van der Waals surface area contributed by atoms with Crippen LogP contribution in [0.25, 0.3) is 0 Å². The Kier molecular flexibility index (Phi) is 5.04. The summed E-state index contributed by atoms with van der Waals surface area (Å²) in [6.07, 6.45) is 1.70. The van der Waals surface area contributed by atoms with Crippen molar-refractivity contribution < 1.29 is 18.3 Å². The number of fused-ring (bicyclic) bond motifs is 1. The molecule has 0 bridgehead atoms. The van der Waals surface area contributed by atoms with Gasteiger partial charge in [0.15, 0.2) is 10.8 Å². The lowest BCUT2D eigenvalue weighted by atomic mass is 9.74. The summed E-state index contributed by atoms with van der Waals surface area (Å²) in [5.41, 5.74) is 4.26. The summed E-state index contributed by atoms with van der Waals surface area (Å²) < 4.78 is 35.8. The summed E-state index contributed by atoms with van der Waals surface area (Å²) >= 11 is 1.14. The molecule has 0 saturated carbocycles. The molecule has 1 saturated heterocycles. The van der Waals surface area contributed by atoms with Gasteiger partial charge >= 0.3 is 0 Å². The van der Waals surface area contributed by atoms with Crippen LogP contribution in [0.15, 0.2) is 41.5 Å². The first-order valence-corrected chi connectivity index (χ1v) is 10.1. The number of aliphatic imine (C=N–C) groups is 1. The Labute approximate surface area is 170 Å². The third-order valence-electron chi connectivity index (χ3n) is 5.22. The number of hydrogen-bond donors (Lipinski definition) is 2.